The minimum atomic E-state index is -0.567. The number of hydrogen-bond donors (Lipinski definition) is 3. The summed E-state index contributed by atoms with van der Waals surface area (Å²) in [6.45, 7) is 2.42. The van der Waals surface area contributed by atoms with E-state index in [4.69, 9.17) is 5.11 Å². The molecule has 25 heavy (non-hydrogen) atoms. The molecular formula is C21H36O4. The quantitative estimate of drug-likeness (QED) is 0.393. The highest BCUT2D eigenvalue weighted by Gasteiger charge is 2.41. The van der Waals surface area contributed by atoms with Gasteiger partial charge in [0.2, 0.25) is 0 Å². The Hall–Kier alpha value is -0.710. The highest BCUT2D eigenvalue weighted by Crippen LogP contribution is 2.42. The number of aliphatic hydroxyl groups is 3. The number of carbonyl (C=O) groups excluding carboxylic acids is 1. The number of carbonyl (C=O) groups is 1. The zero-order valence-corrected chi connectivity index (χ0v) is 15.7. The van der Waals surface area contributed by atoms with Gasteiger partial charge in [0, 0.05) is 24.9 Å². The van der Waals surface area contributed by atoms with Gasteiger partial charge in [-0.15, -0.1) is 0 Å². The lowest BCUT2D eigenvalue weighted by atomic mass is 9.68. The standard InChI is InChI=1S/C21H36O4/c1-2-16-14-21(25,15-16)11-8-10-18-17(19(23)13-20(18)24)9-6-4-3-5-7-12-22/h8,10,16-18,20,22,24-25H,2-7,9,11-15H2,1H3/t16?,17-,18-,20-,21?/m1/s1. The van der Waals surface area contributed by atoms with Crippen molar-refractivity contribution in [3.63, 3.8) is 0 Å². The summed E-state index contributed by atoms with van der Waals surface area (Å²) in [7, 11) is 0. The van der Waals surface area contributed by atoms with Gasteiger partial charge in [0.25, 0.3) is 0 Å². The van der Waals surface area contributed by atoms with E-state index >= 15 is 0 Å². The normalized spacial score (nSPS) is 35.4. The van der Waals surface area contributed by atoms with Crippen LogP contribution in [0.5, 0.6) is 0 Å². The molecule has 2 aliphatic carbocycles. The van der Waals surface area contributed by atoms with Crippen LogP contribution in [0, 0.1) is 17.8 Å². The predicted octanol–water partition coefficient (Wildman–Crippen LogP) is 3.38. The molecule has 0 amide bonds. The maximum atomic E-state index is 12.2. The van der Waals surface area contributed by atoms with Crippen molar-refractivity contribution in [2.24, 2.45) is 17.8 Å². The number of aliphatic hydroxyl groups excluding tert-OH is 2. The Kier molecular flexibility index (Phi) is 8.11. The minimum absolute atomic E-state index is 0.0662. The van der Waals surface area contributed by atoms with E-state index in [0.717, 1.165) is 57.8 Å². The minimum Gasteiger partial charge on any atom is -0.396 e. The van der Waals surface area contributed by atoms with Crippen LogP contribution >= 0.6 is 0 Å². The van der Waals surface area contributed by atoms with E-state index in [-0.39, 0.29) is 30.6 Å². The molecule has 0 heterocycles. The van der Waals surface area contributed by atoms with Crippen molar-refractivity contribution >= 4 is 5.78 Å². The Morgan fingerprint density at radius 3 is 2.52 bits per heavy atom. The first-order chi connectivity index (χ1) is 12.0. The van der Waals surface area contributed by atoms with Gasteiger partial charge in [-0.2, -0.15) is 0 Å². The van der Waals surface area contributed by atoms with Crippen molar-refractivity contribution in [2.45, 2.75) is 89.3 Å². The lowest BCUT2D eigenvalue weighted by molar-refractivity contribution is -0.121. The topological polar surface area (TPSA) is 77.8 Å². The molecule has 3 N–H and O–H groups in total. The van der Waals surface area contributed by atoms with Crippen LogP contribution in [-0.2, 0) is 4.79 Å². The Balaban J connectivity index is 1.76. The van der Waals surface area contributed by atoms with Gasteiger partial charge in [-0.1, -0.05) is 51.2 Å². The second kappa shape index (κ2) is 9.84. The number of hydrogen-bond acceptors (Lipinski definition) is 4. The molecule has 4 nitrogen and oxygen atoms in total. The molecule has 2 aliphatic rings. The number of ketones is 1. The van der Waals surface area contributed by atoms with Crippen LogP contribution in [0.4, 0.5) is 0 Å². The van der Waals surface area contributed by atoms with Crippen molar-refractivity contribution in [1.82, 2.24) is 0 Å². The molecule has 0 bridgehead atoms. The second-order valence-electron chi connectivity index (χ2n) is 8.24. The molecule has 2 saturated carbocycles. The number of unbranched alkanes of at least 4 members (excludes halogenated alkanes) is 4. The van der Waals surface area contributed by atoms with Gasteiger partial charge >= 0.3 is 0 Å². The molecule has 0 aromatic carbocycles. The lowest BCUT2D eigenvalue weighted by Gasteiger charge is -2.43. The summed E-state index contributed by atoms with van der Waals surface area (Å²) < 4.78 is 0. The third-order valence-corrected chi connectivity index (χ3v) is 6.18. The summed E-state index contributed by atoms with van der Waals surface area (Å²) in [5.74, 6) is 0.681. The molecule has 0 aromatic rings. The highest BCUT2D eigenvalue weighted by atomic mass is 16.3. The highest BCUT2D eigenvalue weighted by molar-refractivity contribution is 5.84. The fourth-order valence-electron chi connectivity index (χ4n) is 4.51. The summed E-state index contributed by atoms with van der Waals surface area (Å²) >= 11 is 0. The SMILES string of the molecule is CCC1CC(O)(CC=C[C@H]2[C@H](O)CC(=O)[C@@H]2CCCCCCCO)C1. The van der Waals surface area contributed by atoms with E-state index in [1.807, 2.05) is 12.2 Å². The van der Waals surface area contributed by atoms with Crippen LogP contribution in [-0.4, -0.2) is 39.4 Å². The van der Waals surface area contributed by atoms with Gasteiger partial charge in [-0.3, -0.25) is 4.79 Å². The van der Waals surface area contributed by atoms with Crippen molar-refractivity contribution in [1.29, 1.82) is 0 Å². The molecule has 0 aromatic heterocycles. The second-order valence-corrected chi connectivity index (χ2v) is 8.24. The van der Waals surface area contributed by atoms with E-state index < -0.39 is 11.7 Å². The first-order valence-electron chi connectivity index (χ1n) is 10.2. The van der Waals surface area contributed by atoms with Crippen LogP contribution in [0.2, 0.25) is 0 Å². The average Bonchev–Trinajstić information content (AvgIpc) is 2.82. The van der Waals surface area contributed by atoms with Gasteiger partial charge < -0.3 is 15.3 Å². The largest absolute Gasteiger partial charge is 0.396 e. The summed E-state index contributed by atoms with van der Waals surface area (Å²) in [6.07, 6.45) is 13.1. The van der Waals surface area contributed by atoms with Crippen molar-refractivity contribution < 1.29 is 20.1 Å². The molecule has 2 fully saturated rings. The number of Topliss-reactive ketones (excluding diaryl/α,β-unsaturated/α-hetero) is 1. The van der Waals surface area contributed by atoms with Crippen molar-refractivity contribution in [3.8, 4) is 0 Å². The maximum absolute atomic E-state index is 12.2. The van der Waals surface area contributed by atoms with Crippen molar-refractivity contribution in [3.05, 3.63) is 12.2 Å². The van der Waals surface area contributed by atoms with E-state index in [1.54, 1.807) is 0 Å². The molecule has 3 atom stereocenters. The van der Waals surface area contributed by atoms with E-state index in [9.17, 15) is 15.0 Å². The van der Waals surface area contributed by atoms with Gasteiger partial charge in [-0.25, -0.2) is 0 Å². The molecule has 0 radical (unpaired) electrons. The number of rotatable bonds is 11. The Labute approximate surface area is 152 Å². The van der Waals surface area contributed by atoms with Crippen LogP contribution in [0.1, 0.15) is 77.6 Å². The fourth-order valence-corrected chi connectivity index (χ4v) is 4.51. The summed E-state index contributed by atoms with van der Waals surface area (Å²) in [5, 5.41) is 29.4. The van der Waals surface area contributed by atoms with Crippen LogP contribution < -0.4 is 0 Å². The molecule has 2 rings (SSSR count). The van der Waals surface area contributed by atoms with Crippen molar-refractivity contribution in [2.75, 3.05) is 6.61 Å². The molecule has 0 unspecified atom stereocenters. The molecule has 0 aliphatic heterocycles. The smallest absolute Gasteiger partial charge is 0.139 e. The Morgan fingerprint density at radius 1 is 1.16 bits per heavy atom. The first-order valence-corrected chi connectivity index (χ1v) is 10.2. The van der Waals surface area contributed by atoms with Crippen LogP contribution in [0.15, 0.2) is 12.2 Å². The molecular weight excluding hydrogens is 316 g/mol. The van der Waals surface area contributed by atoms with Gasteiger partial charge in [0.15, 0.2) is 0 Å². The Morgan fingerprint density at radius 2 is 1.84 bits per heavy atom. The van der Waals surface area contributed by atoms with E-state index in [2.05, 4.69) is 6.92 Å². The zero-order chi connectivity index (χ0) is 18.3. The zero-order valence-electron chi connectivity index (χ0n) is 15.7. The fraction of sp³-hybridized carbons (Fsp3) is 0.857. The Bertz CT molecular complexity index is 439. The lowest BCUT2D eigenvalue weighted by Crippen LogP contribution is -2.43. The van der Waals surface area contributed by atoms with Crippen LogP contribution in [0.25, 0.3) is 0 Å². The maximum Gasteiger partial charge on any atom is 0.139 e. The summed E-state index contributed by atoms with van der Waals surface area (Å²) in [6, 6.07) is 0. The predicted molar refractivity (Wildman–Crippen MR) is 99.1 cm³/mol. The average molecular weight is 353 g/mol. The van der Waals surface area contributed by atoms with Gasteiger partial charge in [0.05, 0.1) is 11.7 Å². The van der Waals surface area contributed by atoms with E-state index in [0.29, 0.717) is 12.3 Å². The van der Waals surface area contributed by atoms with Gasteiger partial charge in [0.1, 0.15) is 5.78 Å². The monoisotopic (exact) mass is 352 g/mol. The molecule has 144 valence electrons. The first kappa shape index (κ1) is 20.6. The summed E-state index contributed by atoms with van der Waals surface area (Å²) in [5.41, 5.74) is -0.563. The van der Waals surface area contributed by atoms with Gasteiger partial charge in [-0.05, 0) is 38.0 Å². The third-order valence-electron chi connectivity index (χ3n) is 6.18. The van der Waals surface area contributed by atoms with Crippen LogP contribution in [0.3, 0.4) is 0 Å². The van der Waals surface area contributed by atoms with E-state index in [1.165, 1.54) is 0 Å². The molecule has 0 spiro atoms. The molecule has 4 heteroatoms. The molecule has 0 saturated heterocycles. The third kappa shape index (κ3) is 5.90. The summed E-state index contributed by atoms with van der Waals surface area (Å²) in [4.78, 5) is 12.2.